The van der Waals surface area contributed by atoms with Crippen molar-refractivity contribution in [2.45, 2.75) is 44.0 Å². The second-order valence-corrected chi connectivity index (χ2v) is 8.07. The zero-order chi connectivity index (χ0) is 16.9. The standard InChI is InChI=1S/C15H20BrF2NO2S/c1-4-6-10(9-15(2,3)22(19)20)13-11(16)7-5-8-12(13)21-14(17)18/h4-5,7-8,10,14H,1,6,9,19H2,2-3H3/t10-,22?/m1/s1. The lowest BCUT2D eigenvalue weighted by molar-refractivity contribution is -0.0507. The van der Waals surface area contributed by atoms with E-state index < -0.39 is 22.3 Å². The molecule has 0 heterocycles. The summed E-state index contributed by atoms with van der Waals surface area (Å²) in [5.74, 6) is -0.0841. The molecule has 7 heteroatoms. The molecule has 0 aliphatic heterocycles. The molecule has 0 aliphatic rings. The summed E-state index contributed by atoms with van der Waals surface area (Å²) in [5, 5.41) is 5.53. The fourth-order valence-electron chi connectivity index (χ4n) is 2.29. The van der Waals surface area contributed by atoms with Crippen LogP contribution < -0.4 is 9.88 Å². The van der Waals surface area contributed by atoms with E-state index in [1.54, 1.807) is 32.1 Å². The van der Waals surface area contributed by atoms with Gasteiger partial charge in [0.15, 0.2) is 0 Å². The van der Waals surface area contributed by atoms with E-state index in [-0.39, 0.29) is 11.7 Å². The second-order valence-electron chi connectivity index (χ2n) is 5.51. The predicted octanol–water partition coefficient (Wildman–Crippen LogP) is 4.50. The van der Waals surface area contributed by atoms with E-state index >= 15 is 0 Å². The van der Waals surface area contributed by atoms with Crippen LogP contribution in [0.3, 0.4) is 0 Å². The highest BCUT2D eigenvalue weighted by Gasteiger charge is 2.31. The van der Waals surface area contributed by atoms with Crippen LogP contribution in [-0.2, 0) is 11.0 Å². The average molecular weight is 396 g/mol. The first-order valence-electron chi connectivity index (χ1n) is 6.69. The van der Waals surface area contributed by atoms with Gasteiger partial charge in [-0.1, -0.05) is 28.1 Å². The summed E-state index contributed by atoms with van der Waals surface area (Å²) in [7, 11) is -1.54. The van der Waals surface area contributed by atoms with E-state index in [1.165, 1.54) is 6.07 Å². The van der Waals surface area contributed by atoms with Crippen molar-refractivity contribution in [2.24, 2.45) is 5.14 Å². The first-order chi connectivity index (χ1) is 10.2. The van der Waals surface area contributed by atoms with Gasteiger partial charge in [0, 0.05) is 10.0 Å². The Kier molecular flexibility index (Phi) is 7.15. The quantitative estimate of drug-likeness (QED) is 0.658. The molecule has 0 amide bonds. The van der Waals surface area contributed by atoms with Crippen molar-refractivity contribution in [1.82, 2.24) is 0 Å². The van der Waals surface area contributed by atoms with E-state index in [2.05, 4.69) is 27.2 Å². The smallest absolute Gasteiger partial charge is 0.387 e. The van der Waals surface area contributed by atoms with Gasteiger partial charge in [-0.3, -0.25) is 5.14 Å². The van der Waals surface area contributed by atoms with Gasteiger partial charge in [0.2, 0.25) is 0 Å². The number of rotatable bonds is 8. The van der Waals surface area contributed by atoms with E-state index in [9.17, 15) is 13.0 Å². The van der Waals surface area contributed by atoms with Gasteiger partial charge in [0.25, 0.3) is 0 Å². The lowest BCUT2D eigenvalue weighted by Gasteiger charge is -2.28. The maximum absolute atomic E-state index is 12.6. The Balaban J connectivity index is 3.26. The molecule has 0 radical (unpaired) electrons. The molecular weight excluding hydrogens is 376 g/mol. The summed E-state index contributed by atoms with van der Waals surface area (Å²) in [4.78, 5) is 0. The highest BCUT2D eigenvalue weighted by atomic mass is 79.9. The van der Waals surface area contributed by atoms with E-state index in [0.717, 1.165) is 0 Å². The van der Waals surface area contributed by atoms with Crippen LogP contribution in [0, 0.1) is 0 Å². The van der Waals surface area contributed by atoms with Crippen LogP contribution in [-0.4, -0.2) is 15.6 Å². The summed E-state index contributed by atoms with van der Waals surface area (Å²) in [6.45, 7) is 4.36. The minimum Gasteiger partial charge on any atom is -0.434 e. The number of benzene rings is 1. The third kappa shape index (κ3) is 5.14. The summed E-state index contributed by atoms with van der Waals surface area (Å²) >= 11 is 3.39. The third-order valence-electron chi connectivity index (χ3n) is 3.37. The zero-order valence-electron chi connectivity index (χ0n) is 12.5. The average Bonchev–Trinajstić information content (AvgIpc) is 2.37. The van der Waals surface area contributed by atoms with Crippen molar-refractivity contribution in [3.05, 3.63) is 40.9 Å². The summed E-state index contributed by atoms with van der Waals surface area (Å²) in [6.07, 6.45) is 2.68. The zero-order valence-corrected chi connectivity index (χ0v) is 14.9. The van der Waals surface area contributed by atoms with Gasteiger partial charge in [-0.05, 0) is 44.7 Å². The van der Waals surface area contributed by atoms with Gasteiger partial charge in [-0.2, -0.15) is 8.78 Å². The number of alkyl halides is 2. The van der Waals surface area contributed by atoms with Crippen LogP contribution in [0.4, 0.5) is 8.78 Å². The summed E-state index contributed by atoms with van der Waals surface area (Å²) in [5.41, 5.74) is 0.612. The topological polar surface area (TPSA) is 52.3 Å². The second kappa shape index (κ2) is 8.17. The molecule has 1 unspecified atom stereocenters. The Morgan fingerprint density at radius 3 is 2.64 bits per heavy atom. The first kappa shape index (κ1) is 19.3. The van der Waals surface area contributed by atoms with Gasteiger partial charge in [-0.25, -0.2) is 4.21 Å². The Labute approximate surface area is 140 Å². The Morgan fingerprint density at radius 2 is 2.14 bits per heavy atom. The summed E-state index contributed by atoms with van der Waals surface area (Å²) < 4.78 is 41.6. The van der Waals surface area contributed by atoms with Crippen molar-refractivity contribution in [3.8, 4) is 5.75 Å². The Bertz CT molecular complexity index is 552. The van der Waals surface area contributed by atoms with Gasteiger partial charge in [-0.15, -0.1) is 6.58 Å². The molecule has 3 nitrogen and oxygen atoms in total. The molecule has 1 aromatic carbocycles. The molecule has 2 atom stereocenters. The fraction of sp³-hybridized carbons (Fsp3) is 0.467. The molecule has 0 spiro atoms. The van der Waals surface area contributed by atoms with Crippen LogP contribution in [0.25, 0.3) is 0 Å². The molecule has 1 aromatic rings. The van der Waals surface area contributed by atoms with Crippen molar-refractivity contribution in [3.63, 3.8) is 0 Å². The monoisotopic (exact) mass is 395 g/mol. The van der Waals surface area contributed by atoms with E-state index in [0.29, 0.717) is 22.9 Å². The van der Waals surface area contributed by atoms with Crippen molar-refractivity contribution >= 4 is 26.9 Å². The molecule has 124 valence electrons. The molecule has 0 bridgehead atoms. The van der Waals surface area contributed by atoms with Gasteiger partial charge >= 0.3 is 6.61 Å². The molecule has 22 heavy (non-hydrogen) atoms. The lowest BCUT2D eigenvalue weighted by atomic mass is 9.87. The highest BCUT2D eigenvalue weighted by molar-refractivity contribution is 9.10. The van der Waals surface area contributed by atoms with E-state index in [4.69, 9.17) is 5.14 Å². The Hall–Kier alpha value is -0.790. The van der Waals surface area contributed by atoms with Crippen LogP contribution in [0.1, 0.15) is 38.2 Å². The number of hydrogen-bond acceptors (Lipinski definition) is 2. The maximum Gasteiger partial charge on any atom is 0.387 e. The van der Waals surface area contributed by atoms with Crippen molar-refractivity contribution in [1.29, 1.82) is 0 Å². The molecule has 0 aromatic heterocycles. The van der Waals surface area contributed by atoms with E-state index in [1.807, 2.05) is 0 Å². The number of halogens is 3. The molecular formula is C15H20BrF2NO2S. The van der Waals surface area contributed by atoms with Gasteiger partial charge in [0.05, 0.1) is 15.7 Å². The minimum atomic E-state index is -2.91. The minimum absolute atomic E-state index is 0.106. The maximum atomic E-state index is 12.6. The predicted molar refractivity (Wildman–Crippen MR) is 89.4 cm³/mol. The highest BCUT2D eigenvalue weighted by Crippen LogP contribution is 2.41. The molecule has 0 saturated heterocycles. The number of hydrogen-bond donors (Lipinski definition) is 1. The first-order valence-corrected chi connectivity index (χ1v) is 8.70. The van der Waals surface area contributed by atoms with Crippen LogP contribution >= 0.6 is 15.9 Å². The molecule has 0 aliphatic carbocycles. The molecule has 2 N–H and O–H groups in total. The normalized spacial score (nSPS) is 14.7. The third-order valence-corrected chi connectivity index (χ3v) is 5.32. The number of ether oxygens (including phenoxy) is 1. The SMILES string of the molecule is C=CC[C@H](CC(C)(C)S(N)=O)c1c(Br)cccc1OC(F)F. The van der Waals surface area contributed by atoms with Crippen molar-refractivity contribution < 1.29 is 17.7 Å². The molecule has 1 rings (SSSR count). The van der Waals surface area contributed by atoms with Crippen molar-refractivity contribution in [2.75, 3.05) is 0 Å². The largest absolute Gasteiger partial charge is 0.434 e. The van der Waals surface area contributed by atoms with Crippen LogP contribution in [0.2, 0.25) is 0 Å². The molecule has 0 fully saturated rings. The van der Waals surface area contributed by atoms with Gasteiger partial charge < -0.3 is 4.74 Å². The van der Waals surface area contributed by atoms with Crippen LogP contribution in [0.5, 0.6) is 5.75 Å². The van der Waals surface area contributed by atoms with Crippen LogP contribution in [0.15, 0.2) is 35.3 Å². The Morgan fingerprint density at radius 1 is 1.50 bits per heavy atom. The fourth-order valence-corrected chi connectivity index (χ4v) is 3.33. The number of nitrogens with two attached hydrogens (primary N) is 1. The molecule has 0 saturated carbocycles. The van der Waals surface area contributed by atoms with Gasteiger partial charge in [0.1, 0.15) is 5.75 Å². The number of allylic oxidation sites excluding steroid dienone is 1. The summed E-state index contributed by atoms with van der Waals surface area (Å²) in [6, 6.07) is 4.88. The lowest BCUT2D eigenvalue weighted by Crippen LogP contribution is -2.33.